The van der Waals surface area contributed by atoms with E-state index in [1.807, 2.05) is 0 Å². The van der Waals surface area contributed by atoms with Crippen LogP contribution < -0.4 is 10.5 Å². The van der Waals surface area contributed by atoms with Gasteiger partial charge in [0.1, 0.15) is 5.75 Å². The van der Waals surface area contributed by atoms with Gasteiger partial charge in [-0.1, -0.05) is 11.2 Å². The Bertz CT molecular complexity index is 677. The van der Waals surface area contributed by atoms with Crippen molar-refractivity contribution in [1.82, 2.24) is 0 Å². The van der Waals surface area contributed by atoms with Crippen molar-refractivity contribution in [2.24, 2.45) is 10.9 Å². The lowest BCUT2D eigenvalue weighted by molar-refractivity contribution is 0.318. The third kappa shape index (κ3) is 2.88. The Balaban J connectivity index is 2.33. The van der Waals surface area contributed by atoms with Crippen molar-refractivity contribution in [3.8, 4) is 11.5 Å². The lowest BCUT2D eigenvalue weighted by Gasteiger charge is -2.10. The zero-order valence-corrected chi connectivity index (χ0v) is 11.6. The maximum absolute atomic E-state index is 13.5. The first-order valence-electron chi connectivity index (χ1n) is 5.42. The molecule has 0 unspecified atom stereocenters. The maximum Gasteiger partial charge on any atom is 0.201 e. The average Bonchev–Trinajstić information content (AvgIpc) is 2.45. The van der Waals surface area contributed by atoms with Crippen LogP contribution in [0.15, 0.2) is 46.0 Å². The number of benzene rings is 2. The fraction of sp³-hybridized carbons (Fsp3) is 0. The SMILES string of the molecule is N/C(=N/O)c1ccc(Oc2cccc(F)c2F)c(Br)c1. The number of nitrogens with two attached hydrogens (primary N) is 1. The highest BCUT2D eigenvalue weighted by molar-refractivity contribution is 9.10. The molecule has 0 aliphatic rings. The minimum absolute atomic E-state index is 0.0748. The second kappa shape index (κ2) is 5.87. The molecule has 0 bridgehead atoms. The van der Waals surface area contributed by atoms with Crippen LogP contribution in [0.3, 0.4) is 0 Å². The summed E-state index contributed by atoms with van der Waals surface area (Å²) < 4.78 is 32.3. The zero-order valence-electron chi connectivity index (χ0n) is 9.98. The minimum atomic E-state index is -1.07. The molecular formula is C13H9BrF2N2O2. The van der Waals surface area contributed by atoms with Crippen LogP contribution in [0, 0.1) is 11.6 Å². The van der Waals surface area contributed by atoms with Crippen LogP contribution in [0.25, 0.3) is 0 Å². The summed E-state index contributed by atoms with van der Waals surface area (Å²) in [5, 5.41) is 11.4. The molecule has 2 aromatic carbocycles. The standard InChI is InChI=1S/C13H9BrF2N2O2/c14-8-6-7(13(17)18-19)4-5-10(8)20-11-3-1-2-9(15)12(11)16/h1-6,19H,(H2,17,18). The van der Waals surface area contributed by atoms with Crippen molar-refractivity contribution >= 4 is 21.8 Å². The second-order valence-corrected chi connectivity index (χ2v) is 4.64. The third-order valence-electron chi connectivity index (χ3n) is 2.47. The molecular weight excluding hydrogens is 334 g/mol. The predicted octanol–water partition coefficient (Wildman–Crippen LogP) is 3.61. The molecule has 0 saturated carbocycles. The molecule has 0 amide bonds. The van der Waals surface area contributed by atoms with Gasteiger partial charge in [-0.3, -0.25) is 0 Å². The molecule has 104 valence electrons. The van der Waals surface area contributed by atoms with Crippen LogP contribution in [0.4, 0.5) is 8.78 Å². The monoisotopic (exact) mass is 342 g/mol. The number of nitrogens with zero attached hydrogens (tertiary/aromatic N) is 1. The summed E-state index contributed by atoms with van der Waals surface area (Å²) in [4.78, 5) is 0. The maximum atomic E-state index is 13.5. The molecule has 0 aromatic heterocycles. The highest BCUT2D eigenvalue weighted by Crippen LogP contribution is 2.32. The van der Waals surface area contributed by atoms with Crippen LogP contribution in [0.1, 0.15) is 5.56 Å². The number of rotatable bonds is 3. The van der Waals surface area contributed by atoms with Crippen LogP contribution in [0.2, 0.25) is 0 Å². The lowest BCUT2D eigenvalue weighted by atomic mass is 10.2. The van der Waals surface area contributed by atoms with E-state index in [0.29, 0.717) is 10.0 Å². The van der Waals surface area contributed by atoms with Crippen molar-refractivity contribution in [3.05, 3.63) is 58.1 Å². The van der Waals surface area contributed by atoms with Crippen LogP contribution in [-0.4, -0.2) is 11.0 Å². The third-order valence-corrected chi connectivity index (χ3v) is 3.09. The summed E-state index contributed by atoms with van der Waals surface area (Å²) in [7, 11) is 0. The Kier molecular flexibility index (Phi) is 4.19. The van der Waals surface area contributed by atoms with Gasteiger partial charge in [-0.15, -0.1) is 0 Å². The molecule has 4 nitrogen and oxygen atoms in total. The van der Waals surface area contributed by atoms with Gasteiger partial charge in [0.2, 0.25) is 5.82 Å². The molecule has 0 fully saturated rings. The van der Waals surface area contributed by atoms with Gasteiger partial charge in [0.25, 0.3) is 0 Å². The van der Waals surface area contributed by atoms with E-state index in [2.05, 4.69) is 21.1 Å². The molecule has 0 radical (unpaired) electrons. The second-order valence-electron chi connectivity index (χ2n) is 3.78. The molecule has 0 saturated heterocycles. The van der Waals surface area contributed by atoms with Gasteiger partial charge in [0.05, 0.1) is 4.47 Å². The fourth-order valence-corrected chi connectivity index (χ4v) is 1.94. The molecule has 0 aliphatic heterocycles. The van der Waals surface area contributed by atoms with E-state index in [1.165, 1.54) is 30.3 Å². The summed E-state index contributed by atoms with van der Waals surface area (Å²) in [5.41, 5.74) is 5.89. The van der Waals surface area contributed by atoms with Gasteiger partial charge < -0.3 is 15.7 Å². The predicted molar refractivity (Wildman–Crippen MR) is 73.1 cm³/mol. The highest BCUT2D eigenvalue weighted by Gasteiger charge is 2.12. The van der Waals surface area contributed by atoms with E-state index >= 15 is 0 Å². The van der Waals surface area contributed by atoms with Gasteiger partial charge in [-0.2, -0.15) is 4.39 Å². The van der Waals surface area contributed by atoms with E-state index in [0.717, 1.165) is 6.07 Å². The Morgan fingerprint density at radius 1 is 1.20 bits per heavy atom. The summed E-state index contributed by atoms with van der Waals surface area (Å²) in [5.74, 6) is -2.10. The van der Waals surface area contributed by atoms with Gasteiger partial charge in [-0.05, 0) is 46.3 Å². The normalized spacial score (nSPS) is 11.4. The number of oxime groups is 1. The molecule has 3 N–H and O–H groups in total. The average molecular weight is 343 g/mol. The number of hydrogen-bond acceptors (Lipinski definition) is 3. The quantitative estimate of drug-likeness (QED) is 0.387. The van der Waals surface area contributed by atoms with Crippen molar-refractivity contribution in [1.29, 1.82) is 0 Å². The topological polar surface area (TPSA) is 67.8 Å². The first kappa shape index (κ1) is 14.3. The minimum Gasteiger partial charge on any atom is -0.453 e. The zero-order chi connectivity index (χ0) is 14.7. The van der Waals surface area contributed by atoms with Crippen LogP contribution in [-0.2, 0) is 0 Å². The van der Waals surface area contributed by atoms with Crippen molar-refractivity contribution in [2.75, 3.05) is 0 Å². The van der Waals surface area contributed by atoms with E-state index in [9.17, 15) is 8.78 Å². The largest absolute Gasteiger partial charge is 0.453 e. The molecule has 7 heteroatoms. The van der Waals surface area contributed by atoms with Gasteiger partial charge in [0.15, 0.2) is 17.4 Å². The van der Waals surface area contributed by atoms with Crippen LogP contribution >= 0.6 is 15.9 Å². The Morgan fingerprint density at radius 2 is 1.95 bits per heavy atom. The Labute approximate surface area is 121 Å². The van der Waals surface area contributed by atoms with Crippen molar-refractivity contribution < 1.29 is 18.7 Å². The number of ether oxygens (including phenoxy) is 1. The van der Waals surface area contributed by atoms with Crippen LogP contribution in [0.5, 0.6) is 11.5 Å². The van der Waals surface area contributed by atoms with Gasteiger partial charge >= 0.3 is 0 Å². The number of hydrogen-bond donors (Lipinski definition) is 2. The molecule has 0 spiro atoms. The van der Waals surface area contributed by atoms with E-state index in [4.69, 9.17) is 15.7 Å². The van der Waals surface area contributed by atoms with Crippen molar-refractivity contribution in [2.45, 2.75) is 0 Å². The molecule has 0 heterocycles. The summed E-state index contributed by atoms with van der Waals surface area (Å²) in [6, 6.07) is 8.18. The first-order chi connectivity index (χ1) is 9.52. The molecule has 2 rings (SSSR count). The lowest BCUT2D eigenvalue weighted by Crippen LogP contribution is -2.12. The Hall–Kier alpha value is -2.15. The van der Waals surface area contributed by atoms with E-state index in [1.54, 1.807) is 0 Å². The summed E-state index contributed by atoms with van der Waals surface area (Å²) >= 11 is 3.21. The van der Waals surface area contributed by atoms with Gasteiger partial charge in [-0.25, -0.2) is 4.39 Å². The van der Waals surface area contributed by atoms with Crippen molar-refractivity contribution in [3.63, 3.8) is 0 Å². The first-order valence-corrected chi connectivity index (χ1v) is 6.21. The Morgan fingerprint density at radius 3 is 2.60 bits per heavy atom. The summed E-state index contributed by atoms with van der Waals surface area (Å²) in [6.07, 6.45) is 0. The number of amidine groups is 1. The van der Waals surface area contributed by atoms with Gasteiger partial charge in [0, 0.05) is 5.56 Å². The smallest absolute Gasteiger partial charge is 0.201 e. The molecule has 0 aliphatic carbocycles. The molecule has 2 aromatic rings. The summed E-state index contributed by atoms with van der Waals surface area (Å²) in [6.45, 7) is 0. The number of halogens is 3. The highest BCUT2D eigenvalue weighted by atomic mass is 79.9. The molecule has 0 atom stereocenters. The van der Waals surface area contributed by atoms with E-state index < -0.39 is 11.6 Å². The fourth-order valence-electron chi connectivity index (χ4n) is 1.48. The van der Waals surface area contributed by atoms with E-state index in [-0.39, 0.29) is 17.3 Å². The molecule has 20 heavy (non-hydrogen) atoms.